The van der Waals surface area contributed by atoms with Gasteiger partial charge in [0.1, 0.15) is 0 Å². The number of rotatable bonds is 19. The Bertz CT molecular complexity index is 449. The Morgan fingerprint density at radius 3 is 1.41 bits per heavy atom. The molecule has 0 aromatic rings. The van der Waals surface area contributed by atoms with E-state index in [4.69, 9.17) is 9.66 Å². The van der Waals surface area contributed by atoms with Gasteiger partial charge in [-0.25, -0.2) is 4.79 Å². The molecule has 0 fully saturated rings. The van der Waals surface area contributed by atoms with Crippen molar-refractivity contribution in [1.82, 2.24) is 0 Å². The standard InChI is InChI=1S/C20H40O6S/c1-2-3-4-5-6-7-8-9-10-11-12-13-14-15-16-17-18-26-19(21)20(22)27(23,24)25/h20,22H,2-18H2,1H3,(H,23,24,25). The number of carbonyl (C=O) groups is 1. The Morgan fingerprint density at radius 1 is 0.741 bits per heavy atom. The fraction of sp³-hybridized carbons (Fsp3) is 0.950. The van der Waals surface area contributed by atoms with Gasteiger partial charge in [-0.3, -0.25) is 4.55 Å². The molecule has 1 atom stereocenters. The summed E-state index contributed by atoms with van der Waals surface area (Å²) in [4.78, 5) is 11.1. The molecule has 0 saturated carbocycles. The molecule has 0 aromatic heterocycles. The second-order valence-corrected chi connectivity index (χ2v) is 8.81. The van der Waals surface area contributed by atoms with E-state index in [0.29, 0.717) is 6.42 Å². The van der Waals surface area contributed by atoms with E-state index in [2.05, 4.69) is 11.7 Å². The number of esters is 1. The highest BCUT2D eigenvalue weighted by Crippen LogP contribution is 2.13. The highest BCUT2D eigenvalue weighted by atomic mass is 32.2. The van der Waals surface area contributed by atoms with E-state index in [1.807, 2.05) is 0 Å². The van der Waals surface area contributed by atoms with E-state index < -0.39 is 21.5 Å². The van der Waals surface area contributed by atoms with Gasteiger partial charge in [-0.2, -0.15) is 8.42 Å². The third-order valence-electron chi connectivity index (χ3n) is 4.73. The zero-order valence-corrected chi connectivity index (χ0v) is 17.9. The van der Waals surface area contributed by atoms with Crippen molar-refractivity contribution in [3.63, 3.8) is 0 Å². The lowest BCUT2D eigenvalue weighted by Crippen LogP contribution is -2.31. The van der Waals surface area contributed by atoms with Crippen LogP contribution in [0.25, 0.3) is 0 Å². The molecular weight excluding hydrogens is 368 g/mol. The molecule has 27 heavy (non-hydrogen) atoms. The lowest BCUT2D eigenvalue weighted by atomic mass is 10.0. The van der Waals surface area contributed by atoms with Crippen LogP contribution in [-0.4, -0.2) is 36.1 Å². The van der Waals surface area contributed by atoms with Crippen molar-refractivity contribution in [2.75, 3.05) is 6.61 Å². The zero-order chi connectivity index (χ0) is 20.4. The lowest BCUT2D eigenvalue weighted by molar-refractivity contribution is -0.149. The average molecular weight is 409 g/mol. The SMILES string of the molecule is CCCCCCCCCCCCCCCCCCOC(=O)C(O)S(=O)(=O)O. The van der Waals surface area contributed by atoms with Gasteiger partial charge in [0.15, 0.2) is 0 Å². The number of hydrogen-bond donors (Lipinski definition) is 2. The summed E-state index contributed by atoms with van der Waals surface area (Å²) in [6, 6.07) is 0. The van der Waals surface area contributed by atoms with Crippen molar-refractivity contribution in [3.05, 3.63) is 0 Å². The van der Waals surface area contributed by atoms with E-state index in [9.17, 15) is 13.2 Å². The van der Waals surface area contributed by atoms with Crippen LogP contribution in [0.1, 0.15) is 110 Å². The summed E-state index contributed by atoms with van der Waals surface area (Å²) >= 11 is 0. The van der Waals surface area contributed by atoms with E-state index in [-0.39, 0.29) is 6.61 Å². The zero-order valence-electron chi connectivity index (χ0n) is 17.0. The number of hydrogen-bond acceptors (Lipinski definition) is 5. The second-order valence-electron chi connectivity index (χ2n) is 7.34. The minimum Gasteiger partial charge on any atom is -0.463 e. The molecule has 1 unspecified atom stereocenters. The molecule has 0 saturated heterocycles. The van der Waals surface area contributed by atoms with E-state index in [1.54, 1.807) is 0 Å². The Kier molecular flexibility index (Phi) is 17.0. The molecule has 0 amide bonds. The lowest BCUT2D eigenvalue weighted by Gasteiger charge is -2.08. The monoisotopic (exact) mass is 408 g/mol. The number of ether oxygens (including phenoxy) is 1. The van der Waals surface area contributed by atoms with Gasteiger partial charge in [0.25, 0.3) is 5.44 Å². The van der Waals surface area contributed by atoms with Crippen LogP contribution in [0.3, 0.4) is 0 Å². The molecule has 6 nitrogen and oxygen atoms in total. The fourth-order valence-corrected chi connectivity index (χ4v) is 3.33. The first-order valence-corrected chi connectivity index (χ1v) is 12.2. The third kappa shape index (κ3) is 17.2. The summed E-state index contributed by atoms with van der Waals surface area (Å²) in [5.74, 6) is -1.32. The molecule has 0 aromatic carbocycles. The largest absolute Gasteiger partial charge is 0.463 e. The quantitative estimate of drug-likeness (QED) is 0.177. The molecule has 0 aliphatic rings. The minimum atomic E-state index is -4.79. The molecule has 0 rings (SSSR count). The van der Waals surface area contributed by atoms with Gasteiger partial charge in [-0.1, -0.05) is 103 Å². The maximum absolute atomic E-state index is 11.1. The summed E-state index contributed by atoms with van der Waals surface area (Å²) in [6.07, 6.45) is 19.8. The summed E-state index contributed by atoms with van der Waals surface area (Å²) in [6.45, 7) is 2.31. The summed E-state index contributed by atoms with van der Waals surface area (Å²) in [5.41, 5.74) is -2.50. The molecule has 0 bridgehead atoms. The van der Waals surface area contributed by atoms with Gasteiger partial charge in [-0.05, 0) is 6.42 Å². The molecule has 0 radical (unpaired) electrons. The van der Waals surface area contributed by atoms with Crippen LogP contribution in [0.15, 0.2) is 0 Å². The minimum absolute atomic E-state index is 0.0594. The van der Waals surface area contributed by atoms with Gasteiger partial charge in [0.05, 0.1) is 6.61 Å². The van der Waals surface area contributed by atoms with Crippen LogP contribution in [0.4, 0.5) is 0 Å². The molecular formula is C20H40O6S. The number of carbonyl (C=O) groups excluding carboxylic acids is 1. The Balaban J connectivity index is 3.24. The smallest absolute Gasteiger partial charge is 0.353 e. The third-order valence-corrected chi connectivity index (χ3v) is 5.48. The van der Waals surface area contributed by atoms with E-state index in [1.165, 1.54) is 77.0 Å². The molecule has 7 heteroatoms. The van der Waals surface area contributed by atoms with Gasteiger partial charge >= 0.3 is 16.1 Å². The topological polar surface area (TPSA) is 101 Å². The number of unbranched alkanes of at least 4 members (excludes halogenated alkanes) is 15. The Hall–Kier alpha value is -0.660. The molecule has 0 heterocycles. The van der Waals surface area contributed by atoms with Crippen molar-refractivity contribution in [3.8, 4) is 0 Å². The van der Waals surface area contributed by atoms with Crippen molar-refractivity contribution in [1.29, 1.82) is 0 Å². The highest BCUT2D eigenvalue weighted by molar-refractivity contribution is 7.87. The molecule has 2 N–H and O–H groups in total. The number of aliphatic hydroxyl groups excluding tert-OH is 1. The maximum atomic E-state index is 11.1. The van der Waals surface area contributed by atoms with Crippen LogP contribution in [0.5, 0.6) is 0 Å². The maximum Gasteiger partial charge on any atom is 0.353 e. The van der Waals surface area contributed by atoms with E-state index in [0.717, 1.165) is 19.3 Å². The Labute approximate surface area is 165 Å². The predicted molar refractivity (Wildman–Crippen MR) is 108 cm³/mol. The molecule has 0 aliphatic carbocycles. The summed E-state index contributed by atoms with van der Waals surface area (Å²) in [5, 5.41) is 8.98. The normalized spacial score (nSPS) is 12.9. The highest BCUT2D eigenvalue weighted by Gasteiger charge is 2.29. The van der Waals surface area contributed by atoms with Crippen molar-refractivity contribution in [2.45, 2.75) is 115 Å². The first-order chi connectivity index (χ1) is 12.9. The van der Waals surface area contributed by atoms with Crippen molar-refractivity contribution < 1.29 is 27.6 Å². The molecule has 0 spiro atoms. The molecule has 162 valence electrons. The van der Waals surface area contributed by atoms with Crippen molar-refractivity contribution in [2.24, 2.45) is 0 Å². The van der Waals surface area contributed by atoms with E-state index >= 15 is 0 Å². The van der Waals surface area contributed by atoms with Gasteiger partial charge < -0.3 is 9.84 Å². The van der Waals surface area contributed by atoms with Gasteiger partial charge in [-0.15, -0.1) is 0 Å². The molecule has 0 aliphatic heterocycles. The van der Waals surface area contributed by atoms with Gasteiger partial charge in [0.2, 0.25) is 0 Å². The first-order valence-electron chi connectivity index (χ1n) is 10.7. The van der Waals surface area contributed by atoms with Crippen LogP contribution in [0, 0.1) is 0 Å². The Morgan fingerprint density at radius 2 is 1.07 bits per heavy atom. The summed E-state index contributed by atoms with van der Waals surface area (Å²) in [7, 11) is -4.79. The van der Waals surface area contributed by atoms with Crippen molar-refractivity contribution >= 4 is 16.1 Å². The number of aliphatic hydroxyl groups is 1. The van der Waals surface area contributed by atoms with Gasteiger partial charge in [0, 0.05) is 0 Å². The predicted octanol–water partition coefficient (Wildman–Crippen LogP) is 5.00. The van der Waals surface area contributed by atoms with Crippen LogP contribution < -0.4 is 0 Å². The average Bonchev–Trinajstić information content (AvgIpc) is 2.62. The second kappa shape index (κ2) is 17.4. The first kappa shape index (κ1) is 26.3. The van der Waals surface area contributed by atoms with Crippen LogP contribution >= 0.6 is 0 Å². The fourth-order valence-electron chi connectivity index (χ4n) is 3.02. The van der Waals surface area contributed by atoms with Crippen LogP contribution in [-0.2, 0) is 19.6 Å². The van der Waals surface area contributed by atoms with Crippen LogP contribution in [0.2, 0.25) is 0 Å². The summed E-state index contributed by atoms with van der Waals surface area (Å²) < 4.78 is 34.3.